The molecule has 0 saturated carbocycles. The predicted molar refractivity (Wildman–Crippen MR) is 274 cm³/mol. The van der Waals surface area contributed by atoms with E-state index in [2.05, 4.69) is 229 Å². The monoisotopic (exact) mass is 971 g/mol. The molecule has 0 saturated heterocycles. The summed E-state index contributed by atoms with van der Waals surface area (Å²) in [6.45, 7) is 0. The number of aromatic nitrogens is 2. The van der Waals surface area contributed by atoms with Crippen molar-refractivity contribution in [3.63, 3.8) is 0 Å². The Morgan fingerprint density at radius 3 is 1.74 bits per heavy atom. The normalized spacial score (nSPS) is 12.9. The van der Waals surface area contributed by atoms with Crippen molar-refractivity contribution >= 4 is 106 Å². The van der Waals surface area contributed by atoms with Gasteiger partial charge in [-0.3, -0.25) is 0 Å². The van der Waals surface area contributed by atoms with Crippen LogP contribution in [-0.4, -0.2) is 26.1 Å². The van der Waals surface area contributed by atoms with Gasteiger partial charge in [0.25, 0.3) is 0 Å². The van der Waals surface area contributed by atoms with Crippen LogP contribution in [0.3, 0.4) is 0 Å². The fourth-order valence-corrected chi connectivity index (χ4v) is 22.1. The van der Waals surface area contributed by atoms with Crippen LogP contribution in [0.15, 0.2) is 237 Å². The van der Waals surface area contributed by atoms with Gasteiger partial charge in [0.15, 0.2) is 0 Å². The maximum absolute atomic E-state index is 5.15. The third kappa shape index (κ3) is 6.38. The predicted octanol–water partition coefficient (Wildman–Crippen LogP) is 8.65. The number of benzene rings is 8. The van der Waals surface area contributed by atoms with Gasteiger partial charge in [-0.2, -0.15) is 17.4 Å². The topological polar surface area (TPSA) is 29.0 Å². The summed E-state index contributed by atoms with van der Waals surface area (Å²) in [5.74, 6) is 0.859. The Labute approximate surface area is 399 Å². The summed E-state index contributed by atoms with van der Waals surface area (Å²) in [7, 11) is -6.50. The summed E-state index contributed by atoms with van der Waals surface area (Å²) in [5.41, 5.74) is 4.05. The standard InChI is InChI=1S/C58H39N3SSi2.Pd/c1-5-23-43(24-6-1)63(44-25-7-2-8-26-44,47-31-21-22-42(40-47)49-33-17-19-38-59-49)54-41-51-58(57-56(54)48-32-13-15-35-52(48)62-57)64(45-27-9-3-10-28-45,46-29-11-4-12-30-46)53-36-16-14-34-50(53)61(51)55-37-18-20-39-60-55;/h1-39H;/q-2;+2. The molecule has 0 atom stereocenters. The molecular weight excluding hydrogens is 933 g/mol. The second-order valence-corrected chi connectivity index (χ2v) is 24.7. The first-order valence-electron chi connectivity index (χ1n) is 21.7. The van der Waals surface area contributed by atoms with Crippen molar-refractivity contribution in [2.45, 2.75) is 0 Å². The Hall–Kier alpha value is -6.82. The third-order valence-corrected chi connectivity index (χ3v) is 23.8. The second kappa shape index (κ2) is 16.9. The van der Waals surface area contributed by atoms with Gasteiger partial charge in [-0.15, -0.1) is 50.8 Å². The SMILES string of the molecule is [Pd+2].[c-]1c(-c2ccccn2)cccc1[Si](c1ccccc1)(c1ccccc1)c1[c-]c2c(c3sc4ccccc4c13)[Si](c1ccccc1)(c1ccccc1)c1ccccc1N2c1ccccn1. The van der Waals surface area contributed by atoms with Crippen molar-refractivity contribution in [1.29, 1.82) is 0 Å². The van der Waals surface area contributed by atoms with E-state index < -0.39 is 16.1 Å². The van der Waals surface area contributed by atoms with E-state index in [1.807, 2.05) is 35.9 Å². The van der Waals surface area contributed by atoms with Crippen molar-refractivity contribution in [2.75, 3.05) is 4.90 Å². The smallest absolute Gasteiger partial charge is 0.319 e. The molecule has 0 unspecified atom stereocenters. The minimum absolute atomic E-state index is 0. The zero-order chi connectivity index (χ0) is 42.5. The molecule has 0 amide bonds. The molecule has 65 heavy (non-hydrogen) atoms. The molecule has 0 aliphatic carbocycles. The number of anilines is 3. The van der Waals surface area contributed by atoms with Crippen LogP contribution in [0.2, 0.25) is 0 Å². The number of nitrogens with zero attached hydrogens (tertiary/aromatic N) is 3. The van der Waals surface area contributed by atoms with Gasteiger partial charge in [-0.25, -0.2) is 4.98 Å². The van der Waals surface area contributed by atoms with Crippen molar-refractivity contribution < 1.29 is 20.4 Å². The van der Waals surface area contributed by atoms with Gasteiger partial charge in [0, 0.05) is 22.8 Å². The van der Waals surface area contributed by atoms with E-state index in [0.717, 1.165) is 33.6 Å². The zero-order valence-electron chi connectivity index (χ0n) is 35.1. The Morgan fingerprint density at radius 1 is 0.508 bits per heavy atom. The summed E-state index contributed by atoms with van der Waals surface area (Å²) >= 11 is 1.93. The van der Waals surface area contributed by atoms with Crippen LogP contribution in [0, 0.1) is 12.1 Å². The van der Waals surface area contributed by atoms with Gasteiger partial charge in [-0.05, 0) is 51.6 Å². The van der Waals surface area contributed by atoms with Gasteiger partial charge >= 0.3 is 20.4 Å². The van der Waals surface area contributed by atoms with Crippen molar-refractivity contribution in [3.8, 4) is 11.3 Å². The average Bonchev–Trinajstić information content (AvgIpc) is 3.77. The van der Waals surface area contributed by atoms with E-state index in [1.54, 1.807) is 0 Å². The molecule has 0 fully saturated rings. The molecule has 11 aromatic rings. The van der Waals surface area contributed by atoms with E-state index in [9.17, 15) is 0 Å². The van der Waals surface area contributed by atoms with Crippen LogP contribution in [0.5, 0.6) is 0 Å². The molecule has 3 aromatic heterocycles. The molecule has 1 aliphatic heterocycles. The van der Waals surface area contributed by atoms with Crippen LogP contribution in [0.25, 0.3) is 31.4 Å². The van der Waals surface area contributed by atoms with Crippen LogP contribution >= 0.6 is 11.3 Å². The summed E-state index contributed by atoms with van der Waals surface area (Å²) in [6.07, 6.45) is 3.78. The first-order valence-corrected chi connectivity index (χ1v) is 26.5. The van der Waals surface area contributed by atoms with Crippen molar-refractivity contribution in [2.24, 2.45) is 0 Å². The van der Waals surface area contributed by atoms with Crippen LogP contribution in [-0.2, 0) is 20.4 Å². The fraction of sp³-hybridized carbons (Fsp3) is 0. The third-order valence-electron chi connectivity index (χ3n) is 12.9. The first kappa shape index (κ1) is 40.9. The number of pyridine rings is 2. The van der Waals surface area contributed by atoms with Gasteiger partial charge < -0.3 is 9.88 Å². The van der Waals surface area contributed by atoms with Gasteiger partial charge in [0.05, 0.1) is 0 Å². The molecule has 7 heteroatoms. The zero-order valence-corrected chi connectivity index (χ0v) is 39.5. The quantitative estimate of drug-likeness (QED) is 0.0869. The summed E-state index contributed by atoms with van der Waals surface area (Å²) < 4.78 is 2.55. The molecule has 0 spiro atoms. The fourth-order valence-electron chi connectivity index (χ4n) is 10.4. The van der Waals surface area contributed by atoms with Gasteiger partial charge in [-0.1, -0.05) is 202 Å². The van der Waals surface area contributed by atoms with Crippen LogP contribution in [0.1, 0.15) is 0 Å². The molecule has 1 aliphatic rings. The minimum Gasteiger partial charge on any atom is -0.319 e. The maximum Gasteiger partial charge on any atom is 2.00 e. The Kier molecular flexibility index (Phi) is 10.7. The average molecular weight is 973 g/mol. The largest absolute Gasteiger partial charge is 2.00 e. The van der Waals surface area contributed by atoms with Crippen molar-refractivity contribution in [1.82, 2.24) is 9.97 Å². The minimum atomic E-state index is -3.36. The molecule has 3 nitrogen and oxygen atoms in total. The van der Waals surface area contributed by atoms with E-state index in [-0.39, 0.29) is 20.4 Å². The van der Waals surface area contributed by atoms with E-state index in [0.29, 0.717) is 0 Å². The molecule has 12 rings (SSSR count). The van der Waals surface area contributed by atoms with Gasteiger partial charge in [0.2, 0.25) is 0 Å². The number of thiophene rings is 1. The summed E-state index contributed by atoms with van der Waals surface area (Å²) in [6, 6.07) is 90.8. The second-order valence-electron chi connectivity index (χ2n) is 16.2. The molecule has 8 aromatic carbocycles. The number of rotatable bonds is 8. The maximum atomic E-state index is 5.15. The summed E-state index contributed by atoms with van der Waals surface area (Å²) in [4.78, 5) is 12.4. The molecule has 4 heterocycles. The number of para-hydroxylation sites is 1. The molecule has 310 valence electrons. The van der Waals surface area contributed by atoms with Gasteiger partial charge in [0.1, 0.15) is 22.0 Å². The first-order chi connectivity index (χ1) is 31.8. The van der Waals surface area contributed by atoms with Crippen molar-refractivity contribution in [3.05, 3.63) is 249 Å². The number of hydrogen-bond donors (Lipinski definition) is 0. The molecule has 0 radical (unpaired) electrons. The van der Waals surface area contributed by atoms with Crippen LogP contribution in [0.4, 0.5) is 17.2 Å². The Morgan fingerprint density at radius 2 is 1.09 bits per heavy atom. The van der Waals surface area contributed by atoms with E-state index in [4.69, 9.17) is 9.97 Å². The van der Waals surface area contributed by atoms with E-state index >= 15 is 0 Å². The number of fused-ring (bicyclic) bond motifs is 6. The molecule has 0 N–H and O–H groups in total. The van der Waals surface area contributed by atoms with Crippen LogP contribution < -0.4 is 46.4 Å². The van der Waals surface area contributed by atoms with E-state index in [1.165, 1.54) is 56.5 Å². The summed E-state index contributed by atoms with van der Waals surface area (Å²) in [5, 5.41) is 12.7. The molecular formula is C58H39N3PdSSi2. The Bertz CT molecular complexity index is 3370. The Balaban J connectivity index is 0.00000469. The number of hydrogen-bond acceptors (Lipinski definition) is 4. The molecule has 0 bridgehead atoms.